The van der Waals surface area contributed by atoms with Crippen molar-refractivity contribution in [3.8, 4) is 0 Å². The maximum absolute atomic E-state index is 12.5. The molecule has 0 spiro atoms. The van der Waals surface area contributed by atoms with Gasteiger partial charge in [-0.1, -0.05) is 17.7 Å². The number of carbonyl (C=O) groups is 2. The molecule has 1 aromatic carbocycles. The number of carbonyl (C=O) groups excluding carboxylic acids is 2. The molecule has 0 saturated carbocycles. The smallest absolute Gasteiger partial charge is 0.254 e. The summed E-state index contributed by atoms with van der Waals surface area (Å²) in [7, 11) is 0. The third-order valence-corrected chi connectivity index (χ3v) is 5.07. The quantitative estimate of drug-likeness (QED) is 0.836. The average molecular weight is 350 g/mol. The van der Waals surface area contributed by atoms with E-state index in [4.69, 9.17) is 11.6 Å². The highest BCUT2D eigenvalue weighted by molar-refractivity contribution is 6.30. The molecule has 24 heavy (non-hydrogen) atoms. The van der Waals surface area contributed by atoms with Gasteiger partial charge in [-0.25, -0.2) is 0 Å². The Morgan fingerprint density at radius 1 is 0.958 bits per heavy atom. The first-order valence-electron chi connectivity index (χ1n) is 8.68. The van der Waals surface area contributed by atoms with E-state index in [0.717, 1.165) is 19.6 Å². The van der Waals surface area contributed by atoms with Crippen LogP contribution < -0.4 is 0 Å². The van der Waals surface area contributed by atoms with Crippen molar-refractivity contribution < 1.29 is 9.59 Å². The van der Waals surface area contributed by atoms with Crippen molar-refractivity contribution in [1.29, 1.82) is 0 Å². The largest absolute Gasteiger partial charge is 0.339 e. The fourth-order valence-electron chi connectivity index (χ4n) is 3.38. The second-order valence-electron chi connectivity index (χ2n) is 6.48. The highest BCUT2D eigenvalue weighted by Gasteiger charge is 2.25. The van der Waals surface area contributed by atoms with Crippen LogP contribution in [0.25, 0.3) is 0 Å². The lowest BCUT2D eigenvalue weighted by Gasteiger charge is -2.35. The Bertz CT molecular complexity index is 594. The first-order chi connectivity index (χ1) is 11.6. The van der Waals surface area contributed by atoms with E-state index in [1.54, 1.807) is 29.2 Å². The Labute approximate surface area is 148 Å². The normalized spacial score (nSPS) is 18.9. The fraction of sp³-hybridized carbons (Fsp3) is 0.556. The Hall–Kier alpha value is -1.59. The van der Waals surface area contributed by atoms with E-state index >= 15 is 0 Å². The van der Waals surface area contributed by atoms with Gasteiger partial charge in [0.25, 0.3) is 5.91 Å². The van der Waals surface area contributed by atoms with Crippen molar-refractivity contribution in [2.75, 3.05) is 45.8 Å². The molecule has 5 nitrogen and oxygen atoms in total. The summed E-state index contributed by atoms with van der Waals surface area (Å²) < 4.78 is 0. The summed E-state index contributed by atoms with van der Waals surface area (Å²) in [6.45, 7) is 5.50. The van der Waals surface area contributed by atoms with Crippen LogP contribution in [0.2, 0.25) is 5.02 Å². The van der Waals surface area contributed by atoms with E-state index in [-0.39, 0.29) is 11.8 Å². The molecule has 2 aliphatic heterocycles. The van der Waals surface area contributed by atoms with Gasteiger partial charge >= 0.3 is 0 Å². The Morgan fingerprint density at radius 2 is 1.62 bits per heavy atom. The number of hydrogen-bond acceptors (Lipinski definition) is 3. The van der Waals surface area contributed by atoms with Gasteiger partial charge < -0.3 is 14.7 Å². The lowest BCUT2D eigenvalue weighted by atomic mass is 10.2. The minimum atomic E-state index is -0.0123. The zero-order chi connectivity index (χ0) is 16.9. The van der Waals surface area contributed by atoms with Crippen molar-refractivity contribution in [3.63, 3.8) is 0 Å². The lowest BCUT2D eigenvalue weighted by Crippen LogP contribution is -2.51. The SMILES string of the molecule is O=C(CCN1CCCC1)N1CCN(C(=O)c2cccc(Cl)c2)CC1. The molecule has 0 radical (unpaired) electrons. The van der Waals surface area contributed by atoms with Crippen molar-refractivity contribution in [2.24, 2.45) is 0 Å². The van der Waals surface area contributed by atoms with E-state index in [2.05, 4.69) is 4.90 Å². The highest BCUT2D eigenvalue weighted by Crippen LogP contribution is 2.15. The highest BCUT2D eigenvalue weighted by atomic mass is 35.5. The molecule has 2 amide bonds. The van der Waals surface area contributed by atoms with Crippen molar-refractivity contribution in [1.82, 2.24) is 14.7 Å². The van der Waals surface area contributed by atoms with Gasteiger partial charge in [-0.2, -0.15) is 0 Å². The van der Waals surface area contributed by atoms with Crippen LogP contribution in [0.15, 0.2) is 24.3 Å². The number of hydrogen-bond donors (Lipinski definition) is 0. The van der Waals surface area contributed by atoms with Gasteiger partial charge in [-0.3, -0.25) is 9.59 Å². The zero-order valence-corrected chi connectivity index (χ0v) is 14.7. The molecular weight excluding hydrogens is 326 g/mol. The molecule has 2 saturated heterocycles. The standard InChI is InChI=1S/C18H24ClN3O2/c19-16-5-3-4-15(14-16)18(24)22-12-10-21(11-13-22)17(23)6-9-20-7-1-2-8-20/h3-5,14H,1-2,6-13H2. The van der Waals surface area contributed by atoms with E-state index in [1.807, 2.05) is 4.90 Å². The van der Waals surface area contributed by atoms with Crippen molar-refractivity contribution >= 4 is 23.4 Å². The molecular formula is C18H24ClN3O2. The molecule has 2 fully saturated rings. The van der Waals surface area contributed by atoms with Crippen LogP contribution in [0.4, 0.5) is 0 Å². The van der Waals surface area contributed by atoms with Crippen molar-refractivity contribution in [3.05, 3.63) is 34.9 Å². The number of likely N-dealkylation sites (tertiary alicyclic amines) is 1. The summed E-state index contributed by atoms with van der Waals surface area (Å²) in [5, 5.41) is 0.566. The number of nitrogens with zero attached hydrogens (tertiary/aromatic N) is 3. The lowest BCUT2D eigenvalue weighted by molar-refractivity contribution is -0.133. The molecule has 0 atom stereocenters. The van der Waals surface area contributed by atoms with Gasteiger partial charge in [0, 0.05) is 49.7 Å². The monoisotopic (exact) mass is 349 g/mol. The third kappa shape index (κ3) is 4.28. The van der Waals surface area contributed by atoms with Gasteiger partial charge in [0.15, 0.2) is 0 Å². The van der Waals surface area contributed by atoms with Crippen LogP contribution in [-0.2, 0) is 4.79 Å². The Morgan fingerprint density at radius 3 is 2.29 bits per heavy atom. The molecule has 2 heterocycles. The summed E-state index contributed by atoms with van der Waals surface area (Å²) in [5.41, 5.74) is 0.608. The molecule has 3 rings (SSSR count). The number of piperazine rings is 1. The van der Waals surface area contributed by atoms with E-state index in [9.17, 15) is 9.59 Å². The van der Waals surface area contributed by atoms with Crippen LogP contribution in [0.5, 0.6) is 0 Å². The molecule has 0 aromatic heterocycles. The number of rotatable bonds is 4. The minimum Gasteiger partial charge on any atom is -0.339 e. The number of halogens is 1. The summed E-state index contributed by atoms with van der Waals surface area (Å²) in [4.78, 5) is 30.9. The summed E-state index contributed by atoms with van der Waals surface area (Å²) in [6, 6.07) is 7.02. The Kier molecular flexibility index (Phi) is 5.74. The van der Waals surface area contributed by atoms with Crippen LogP contribution >= 0.6 is 11.6 Å². The van der Waals surface area contributed by atoms with Gasteiger partial charge in [0.05, 0.1) is 0 Å². The van der Waals surface area contributed by atoms with Gasteiger partial charge in [-0.15, -0.1) is 0 Å². The van der Waals surface area contributed by atoms with Gasteiger partial charge in [0.2, 0.25) is 5.91 Å². The number of amides is 2. The maximum atomic E-state index is 12.5. The van der Waals surface area contributed by atoms with E-state index < -0.39 is 0 Å². The first kappa shape index (κ1) is 17.2. The van der Waals surface area contributed by atoms with Crippen molar-refractivity contribution in [2.45, 2.75) is 19.3 Å². The molecule has 0 N–H and O–H groups in total. The topological polar surface area (TPSA) is 43.9 Å². The molecule has 130 valence electrons. The molecule has 0 aliphatic carbocycles. The predicted octanol–water partition coefficient (Wildman–Crippen LogP) is 2.11. The number of benzene rings is 1. The summed E-state index contributed by atoms with van der Waals surface area (Å²) in [5.74, 6) is 0.193. The van der Waals surface area contributed by atoms with Crippen LogP contribution in [-0.4, -0.2) is 72.3 Å². The summed E-state index contributed by atoms with van der Waals surface area (Å²) in [6.07, 6.45) is 3.08. The van der Waals surface area contributed by atoms with Gasteiger partial charge in [-0.05, 0) is 44.1 Å². The second kappa shape index (κ2) is 7.99. The molecule has 6 heteroatoms. The molecule has 2 aliphatic rings. The summed E-state index contributed by atoms with van der Waals surface area (Å²) >= 11 is 5.95. The maximum Gasteiger partial charge on any atom is 0.254 e. The third-order valence-electron chi connectivity index (χ3n) is 4.83. The van der Waals surface area contributed by atoms with E-state index in [1.165, 1.54) is 12.8 Å². The minimum absolute atomic E-state index is 0.0123. The molecule has 0 bridgehead atoms. The zero-order valence-electron chi connectivity index (χ0n) is 13.9. The average Bonchev–Trinajstić information content (AvgIpc) is 3.13. The predicted molar refractivity (Wildman–Crippen MR) is 94.2 cm³/mol. The Balaban J connectivity index is 1.46. The van der Waals surface area contributed by atoms with Crippen LogP contribution in [0, 0.1) is 0 Å². The van der Waals surface area contributed by atoms with E-state index in [0.29, 0.717) is 43.2 Å². The van der Waals surface area contributed by atoms with Crippen LogP contribution in [0.1, 0.15) is 29.6 Å². The molecule has 0 unspecified atom stereocenters. The van der Waals surface area contributed by atoms with Crippen LogP contribution in [0.3, 0.4) is 0 Å². The fourth-order valence-corrected chi connectivity index (χ4v) is 3.57. The molecule has 1 aromatic rings. The second-order valence-corrected chi connectivity index (χ2v) is 6.92. The first-order valence-corrected chi connectivity index (χ1v) is 9.06. The van der Waals surface area contributed by atoms with Gasteiger partial charge in [0.1, 0.15) is 0 Å².